The fraction of sp³-hybridized carbons (Fsp3) is 0.240. The van der Waals surface area contributed by atoms with E-state index in [9.17, 15) is 22.0 Å². The first-order valence-corrected chi connectivity index (χ1v) is 12.8. The number of benzene rings is 1. The second kappa shape index (κ2) is 9.05. The van der Waals surface area contributed by atoms with Crippen LogP contribution in [0.5, 0.6) is 0 Å². The molecule has 5 rings (SSSR count). The third-order valence-electron chi connectivity index (χ3n) is 6.35. The van der Waals surface area contributed by atoms with Gasteiger partial charge in [-0.25, -0.2) is 26.6 Å². The van der Waals surface area contributed by atoms with Crippen LogP contribution in [-0.2, 0) is 10.0 Å². The summed E-state index contributed by atoms with van der Waals surface area (Å²) >= 11 is 0. The molecule has 3 heterocycles. The van der Waals surface area contributed by atoms with E-state index in [2.05, 4.69) is 19.7 Å². The lowest BCUT2D eigenvalue weighted by Gasteiger charge is -2.15. The summed E-state index contributed by atoms with van der Waals surface area (Å²) in [4.78, 5) is 24.7. The molecule has 0 spiro atoms. The Labute approximate surface area is 204 Å². The average Bonchev–Trinajstić information content (AvgIpc) is 3.48. The lowest BCUT2D eigenvalue weighted by Crippen LogP contribution is -2.26. The number of fused-ring (bicyclic) bond motifs is 1. The Morgan fingerprint density at radius 2 is 1.86 bits per heavy atom. The van der Waals surface area contributed by atoms with Crippen LogP contribution < -0.4 is 4.72 Å². The summed E-state index contributed by atoms with van der Waals surface area (Å²) in [6, 6.07) is 7.04. The molecule has 1 fully saturated rings. The number of alkyl halides is 1. The number of halogens is 3. The van der Waals surface area contributed by atoms with Crippen LogP contribution in [0.25, 0.3) is 22.2 Å². The van der Waals surface area contributed by atoms with Crippen molar-refractivity contribution in [2.75, 3.05) is 4.72 Å². The van der Waals surface area contributed by atoms with Crippen LogP contribution >= 0.6 is 0 Å². The maximum absolute atomic E-state index is 15.4. The molecule has 0 radical (unpaired) electrons. The SMILES string of the molecule is Cc1ccc(-c2cnc3[nH]cc(C(=O)c4c(F)ccc(NS(=O)(=O)C5CC[C@@H](F)C5)c4F)c3c2)cn1. The Hall–Kier alpha value is -3.73. The molecule has 0 saturated heterocycles. The molecule has 2 atom stereocenters. The van der Waals surface area contributed by atoms with Gasteiger partial charge in [-0.1, -0.05) is 6.07 Å². The van der Waals surface area contributed by atoms with Gasteiger partial charge in [0, 0.05) is 46.4 Å². The molecule has 186 valence electrons. The first kappa shape index (κ1) is 24.0. The van der Waals surface area contributed by atoms with E-state index >= 15 is 4.39 Å². The molecule has 7 nitrogen and oxygen atoms in total. The van der Waals surface area contributed by atoms with E-state index in [4.69, 9.17) is 0 Å². The Balaban J connectivity index is 1.52. The number of H-pyrrole nitrogens is 1. The fourth-order valence-electron chi connectivity index (χ4n) is 4.37. The molecule has 4 aromatic rings. The van der Waals surface area contributed by atoms with Gasteiger partial charge in [-0.05, 0) is 50.5 Å². The lowest BCUT2D eigenvalue weighted by atomic mass is 10.00. The maximum atomic E-state index is 15.4. The highest BCUT2D eigenvalue weighted by Gasteiger charge is 2.35. The molecule has 1 aliphatic rings. The molecule has 1 aromatic carbocycles. The first-order chi connectivity index (χ1) is 17.1. The van der Waals surface area contributed by atoms with Gasteiger partial charge < -0.3 is 4.98 Å². The van der Waals surface area contributed by atoms with Crippen molar-refractivity contribution in [1.82, 2.24) is 15.0 Å². The van der Waals surface area contributed by atoms with Crippen LogP contribution in [0.4, 0.5) is 18.9 Å². The van der Waals surface area contributed by atoms with Gasteiger partial charge in [0.1, 0.15) is 17.6 Å². The number of hydrogen-bond donors (Lipinski definition) is 2. The minimum Gasteiger partial charge on any atom is -0.345 e. The van der Waals surface area contributed by atoms with Gasteiger partial charge in [0.05, 0.1) is 16.5 Å². The van der Waals surface area contributed by atoms with Crippen LogP contribution in [0.2, 0.25) is 0 Å². The Kier molecular flexibility index (Phi) is 6.03. The number of anilines is 1. The third kappa shape index (κ3) is 4.34. The lowest BCUT2D eigenvalue weighted by molar-refractivity contribution is 0.103. The zero-order chi connectivity index (χ0) is 25.6. The predicted molar refractivity (Wildman–Crippen MR) is 129 cm³/mol. The van der Waals surface area contributed by atoms with Crippen molar-refractivity contribution in [3.63, 3.8) is 0 Å². The normalized spacial score (nSPS) is 18.0. The number of carbonyl (C=O) groups is 1. The zero-order valence-corrected chi connectivity index (χ0v) is 19.9. The van der Waals surface area contributed by atoms with Crippen molar-refractivity contribution in [1.29, 1.82) is 0 Å². The molecule has 0 bridgehead atoms. The Morgan fingerprint density at radius 1 is 1.08 bits per heavy atom. The topological polar surface area (TPSA) is 105 Å². The van der Waals surface area contributed by atoms with Gasteiger partial charge in [-0.2, -0.15) is 0 Å². The number of nitrogens with one attached hydrogen (secondary N) is 2. The molecule has 1 aliphatic carbocycles. The van der Waals surface area contributed by atoms with Gasteiger partial charge in [-0.3, -0.25) is 14.5 Å². The van der Waals surface area contributed by atoms with Crippen molar-refractivity contribution in [2.24, 2.45) is 0 Å². The molecule has 0 amide bonds. The van der Waals surface area contributed by atoms with Crippen LogP contribution in [-0.4, -0.2) is 40.6 Å². The summed E-state index contributed by atoms with van der Waals surface area (Å²) in [5.74, 6) is -3.48. The number of aryl methyl sites for hydroxylation is 1. The van der Waals surface area contributed by atoms with E-state index in [1.165, 1.54) is 6.20 Å². The Bertz CT molecular complexity index is 1590. The number of carbonyl (C=O) groups excluding carboxylic acids is 1. The van der Waals surface area contributed by atoms with E-state index in [0.717, 1.165) is 23.4 Å². The summed E-state index contributed by atoms with van der Waals surface area (Å²) in [5, 5.41) is -0.701. The summed E-state index contributed by atoms with van der Waals surface area (Å²) in [7, 11) is -4.14. The summed E-state index contributed by atoms with van der Waals surface area (Å²) < 4.78 is 70.9. The van der Waals surface area contributed by atoms with Gasteiger partial charge in [0.25, 0.3) is 0 Å². The second-order valence-corrected chi connectivity index (χ2v) is 10.8. The average molecular weight is 515 g/mol. The molecule has 3 aromatic heterocycles. The van der Waals surface area contributed by atoms with Gasteiger partial charge in [-0.15, -0.1) is 0 Å². The maximum Gasteiger partial charge on any atom is 0.235 e. The van der Waals surface area contributed by atoms with E-state index in [1.807, 2.05) is 19.1 Å². The molecular formula is C25H21F3N4O3S. The highest BCUT2D eigenvalue weighted by molar-refractivity contribution is 7.93. The van der Waals surface area contributed by atoms with Crippen LogP contribution in [0.1, 0.15) is 40.9 Å². The number of aromatic nitrogens is 3. The van der Waals surface area contributed by atoms with E-state index in [-0.39, 0.29) is 24.8 Å². The number of hydrogen-bond acceptors (Lipinski definition) is 5. The highest BCUT2D eigenvalue weighted by atomic mass is 32.2. The fourth-order valence-corrected chi connectivity index (χ4v) is 5.91. The second-order valence-electron chi connectivity index (χ2n) is 8.80. The van der Waals surface area contributed by atoms with Crippen molar-refractivity contribution in [2.45, 2.75) is 37.6 Å². The van der Waals surface area contributed by atoms with E-state index in [1.54, 1.807) is 18.5 Å². The number of nitrogens with zero attached hydrogens (tertiary/aromatic N) is 2. The number of sulfonamides is 1. The van der Waals surface area contributed by atoms with E-state index < -0.39 is 50.1 Å². The largest absolute Gasteiger partial charge is 0.345 e. The summed E-state index contributed by atoms with van der Waals surface area (Å²) in [6.45, 7) is 1.84. The van der Waals surface area contributed by atoms with Crippen molar-refractivity contribution in [3.8, 4) is 11.1 Å². The molecule has 2 N–H and O–H groups in total. The zero-order valence-electron chi connectivity index (χ0n) is 19.1. The highest BCUT2D eigenvalue weighted by Crippen LogP contribution is 2.32. The van der Waals surface area contributed by atoms with Crippen molar-refractivity contribution < 1.29 is 26.4 Å². The van der Waals surface area contributed by atoms with Gasteiger partial charge >= 0.3 is 0 Å². The minimum atomic E-state index is -4.14. The smallest absolute Gasteiger partial charge is 0.235 e. The standard InChI is InChI=1S/C25H21F3N4O3S/c1-13-2-3-14(10-29-13)15-8-18-19(12-31-25(18)30-11-15)24(33)22-20(27)6-7-21(23(22)28)32-36(34,35)17-5-4-16(26)9-17/h2-3,6-8,10-12,16-17,32H,4-5,9H2,1H3,(H,30,31)/t16-,17?/m1/s1. The monoisotopic (exact) mass is 514 g/mol. The quantitative estimate of drug-likeness (QED) is 0.350. The van der Waals surface area contributed by atoms with Crippen LogP contribution in [0, 0.1) is 18.6 Å². The first-order valence-electron chi connectivity index (χ1n) is 11.2. The molecular weight excluding hydrogens is 493 g/mol. The van der Waals surface area contributed by atoms with Gasteiger partial charge in [0.2, 0.25) is 15.8 Å². The van der Waals surface area contributed by atoms with Crippen LogP contribution in [0.15, 0.2) is 48.9 Å². The molecule has 1 saturated carbocycles. The third-order valence-corrected chi connectivity index (χ3v) is 8.16. The number of aromatic amines is 1. The molecule has 1 unspecified atom stereocenters. The van der Waals surface area contributed by atoms with E-state index in [0.29, 0.717) is 16.6 Å². The number of ketones is 1. The molecule has 36 heavy (non-hydrogen) atoms. The summed E-state index contributed by atoms with van der Waals surface area (Å²) in [5.41, 5.74) is 1.03. The summed E-state index contributed by atoms with van der Waals surface area (Å²) in [6.07, 6.45) is 3.26. The minimum absolute atomic E-state index is 0.0340. The Morgan fingerprint density at radius 3 is 2.56 bits per heavy atom. The van der Waals surface area contributed by atoms with Crippen molar-refractivity contribution >= 4 is 32.5 Å². The van der Waals surface area contributed by atoms with Crippen molar-refractivity contribution in [3.05, 3.63) is 77.4 Å². The predicted octanol–water partition coefficient (Wildman–Crippen LogP) is 5.07. The number of rotatable bonds is 6. The van der Waals surface area contributed by atoms with Gasteiger partial charge in [0.15, 0.2) is 5.82 Å². The molecule has 11 heteroatoms. The molecule has 0 aliphatic heterocycles. The van der Waals surface area contributed by atoms with Crippen LogP contribution in [0.3, 0.4) is 0 Å². The number of pyridine rings is 2.